The van der Waals surface area contributed by atoms with Crippen molar-refractivity contribution in [1.82, 2.24) is 10.2 Å². The zero-order valence-corrected chi connectivity index (χ0v) is 10.0. The number of rotatable bonds is 4. The van der Waals surface area contributed by atoms with Crippen molar-refractivity contribution in [3.63, 3.8) is 0 Å². The van der Waals surface area contributed by atoms with E-state index in [9.17, 15) is 9.59 Å². The van der Waals surface area contributed by atoms with Crippen LogP contribution in [-0.2, 0) is 0 Å². The molecule has 0 aliphatic carbocycles. The van der Waals surface area contributed by atoms with Gasteiger partial charge in [0.1, 0.15) is 11.3 Å². The maximum atomic E-state index is 11.1. The summed E-state index contributed by atoms with van der Waals surface area (Å²) < 4.78 is 5.01. The normalized spacial score (nSPS) is 9.95. The van der Waals surface area contributed by atoms with Crippen molar-refractivity contribution in [2.45, 2.75) is 0 Å². The van der Waals surface area contributed by atoms with E-state index in [0.717, 1.165) is 6.07 Å². The highest BCUT2D eigenvalue weighted by atomic mass is 16.5. The number of benzene rings is 1. The number of aromatic carboxylic acids is 1. The second kappa shape index (κ2) is 5.21. The molecule has 0 unspecified atom stereocenters. The van der Waals surface area contributed by atoms with Crippen molar-refractivity contribution < 1.29 is 14.6 Å². The van der Waals surface area contributed by atoms with Gasteiger partial charge in [-0.2, -0.15) is 5.10 Å². The highest BCUT2D eigenvalue weighted by molar-refractivity contribution is 5.93. The molecule has 0 saturated carbocycles. The Labute approximate surface area is 107 Å². The predicted octanol–water partition coefficient (Wildman–Crippen LogP) is 1.22. The number of carboxylic acid groups (broad SMARTS) is 1. The molecule has 98 valence electrons. The zero-order valence-electron chi connectivity index (χ0n) is 10.0. The third-order valence-electron chi connectivity index (χ3n) is 2.39. The van der Waals surface area contributed by atoms with Gasteiger partial charge in [0.2, 0.25) is 0 Å². The second-order valence-electron chi connectivity index (χ2n) is 3.65. The zero-order chi connectivity index (χ0) is 13.8. The van der Waals surface area contributed by atoms with Gasteiger partial charge in [-0.3, -0.25) is 4.79 Å². The van der Waals surface area contributed by atoms with Gasteiger partial charge in [0.15, 0.2) is 5.82 Å². The van der Waals surface area contributed by atoms with Crippen molar-refractivity contribution in [2.24, 2.45) is 0 Å². The van der Waals surface area contributed by atoms with Crippen LogP contribution in [-0.4, -0.2) is 28.4 Å². The quantitative estimate of drug-likeness (QED) is 0.764. The molecule has 0 amide bonds. The van der Waals surface area contributed by atoms with E-state index in [-0.39, 0.29) is 11.4 Å². The Balaban J connectivity index is 2.32. The number of carboxylic acids is 1. The fraction of sp³-hybridized carbons (Fsp3) is 0.0833. The Hall–Kier alpha value is -2.83. The first-order valence-corrected chi connectivity index (χ1v) is 5.34. The molecule has 0 radical (unpaired) electrons. The molecule has 1 aromatic carbocycles. The van der Waals surface area contributed by atoms with Crippen molar-refractivity contribution in [1.29, 1.82) is 0 Å². The van der Waals surface area contributed by atoms with E-state index in [1.54, 1.807) is 31.4 Å². The molecule has 3 N–H and O–H groups in total. The Morgan fingerprint density at radius 1 is 1.37 bits per heavy atom. The summed E-state index contributed by atoms with van der Waals surface area (Å²) in [5.41, 5.74) is -0.139. The van der Waals surface area contributed by atoms with E-state index in [0.29, 0.717) is 11.4 Å². The number of hydrogen-bond acceptors (Lipinski definition) is 5. The van der Waals surface area contributed by atoms with Gasteiger partial charge in [0.25, 0.3) is 5.56 Å². The van der Waals surface area contributed by atoms with Gasteiger partial charge in [-0.15, -0.1) is 0 Å². The number of anilines is 2. The molecule has 7 nitrogen and oxygen atoms in total. The van der Waals surface area contributed by atoms with Crippen LogP contribution in [0.5, 0.6) is 5.75 Å². The molecule has 0 spiro atoms. The number of methoxy groups -OCH3 is 1. The highest BCUT2D eigenvalue weighted by Crippen LogP contribution is 2.20. The summed E-state index contributed by atoms with van der Waals surface area (Å²) in [4.78, 5) is 22.1. The summed E-state index contributed by atoms with van der Waals surface area (Å²) in [7, 11) is 1.55. The van der Waals surface area contributed by atoms with E-state index in [2.05, 4.69) is 15.5 Å². The number of aromatic amines is 1. The number of nitrogens with one attached hydrogen (secondary N) is 2. The minimum Gasteiger partial charge on any atom is -0.497 e. The first-order chi connectivity index (χ1) is 9.10. The van der Waals surface area contributed by atoms with Crippen LogP contribution < -0.4 is 15.6 Å². The first kappa shape index (κ1) is 12.6. The summed E-state index contributed by atoms with van der Waals surface area (Å²) in [6.45, 7) is 0. The summed E-state index contributed by atoms with van der Waals surface area (Å²) in [6.07, 6.45) is 0. The number of nitrogens with zero attached hydrogens (tertiary/aromatic N) is 1. The molecular formula is C12H11N3O4. The third-order valence-corrected chi connectivity index (χ3v) is 2.39. The Kier molecular flexibility index (Phi) is 3.46. The Morgan fingerprint density at radius 3 is 2.63 bits per heavy atom. The summed E-state index contributed by atoms with van der Waals surface area (Å²) in [6, 6.07) is 7.82. The van der Waals surface area contributed by atoms with Gasteiger partial charge in [-0.1, -0.05) is 0 Å². The lowest BCUT2D eigenvalue weighted by molar-refractivity contribution is 0.0697. The van der Waals surface area contributed by atoms with Crippen LogP contribution in [0.15, 0.2) is 35.1 Å². The molecule has 2 aromatic rings. The summed E-state index contributed by atoms with van der Waals surface area (Å²) >= 11 is 0. The van der Waals surface area contributed by atoms with E-state index in [4.69, 9.17) is 9.84 Å². The van der Waals surface area contributed by atoms with Gasteiger partial charge in [0, 0.05) is 11.8 Å². The smallest absolute Gasteiger partial charge is 0.339 e. The fourth-order valence-corrected chi connectivity index (χ4v) is 1.47. The van der Waals surface area contributed by atoms with Gasteiger partial charge >= 0.3 is 5.97 Å². The molecule has 0 atom stereocenters. The topological polar surface area (TPSA) is 104 Å². The molecule has 0 bridgehead atoms. The predicted molar refractivity (Wildman–Crippen MR) is 68.1 cm³/mol. The van der Waals surface area contributed by atoms with Crippen molar-refractivity contribution in [2.75, 3.05) is 12.4 Å². The van der Waals surface area contributed by atoms with Crippen LogP contribution in [0, 0.1) is 0 Å². The minimum atomic E-state index is -1.23. The van der Waals surface area contributed by atoms with Gasteiger partial charge in [-0.05, 0) is 24.3 Å². The molecule has 19 heavy (non-hydrogen) atoms. The van der Waals surface area contributed by atoms with E-state index in [1.807, 2.05) is 0 Å². The van der Waals surface area contributed by atoms with E-state index >= 15 is 0 Å². The number of aromatic nitrogens is 2. The van der Waals surface area contributed by atoms with E-state index in [1.165, 1.54) is 0 Å². The third kappa shape index (κ3) is 2.89. The lowest BCUT2D eigenvalue weighted by Gasteiger charge is -2.08. The highest BCUT2D eigenvalue weighted by Gasteiger charge is 2.12. The molecule has 2 rings (SSSR count). The van der Waals surface area contributed by atoms with E-state index < -0.39 is 11.5 Å². The molecule has 0 saturated heterocycles. The molecular weight excluding hydrogens is 250 g/mol. The monoisotopic (exact) mass is 261 g/mol. The van der Waals surface area contributed by atoms with Crippen LogP contribution in [0.2, 0.25) is 0 Å². The largest absolute Gasteiger partial charge is 0.497 e. The molecule has 7 heteroatoms. The summed E-state index contributed by atoms with van der Waals surface area (Å²) in [5, 5.41) is 17.7. The van der Waals surface area contributed by atoms with Crippen molar-refractivity contribution in [3.8, 4) is 5.75 Å². The van der Waals surface area contributed by atoms with Crippen LogP contribution in [0.1, 0.15) is 10.4 Å². The molecule has 0 aliphatic heterocycles. The molecule has 1 heterocycles. The van der Waals surface area contributed by atoms with Crippen molar-refractivity contribution >= 4 is 17.5 Å². The molecule has 1 aromatic heterocycles. The van der Waals surface area contributed by atoms with Crippen LogP contribution >= 0.6 is 0 Å². The SMILES string of the molecule is COc1ccc(Nc2n[nH]c(=O)cc2C(=O)O)cc1. The lowest BCUT2D eigenvalue weighted by atomic mass is 10.2. The number of carbonyl (C=O) groups is 1. The van der Waals surface area contributed by atoms with Gasteiger partial charge in [-0.25, -0.2) is 9.89 Å². The van der Waals surface area contributed by atoms with Gasteiger partial charge < -0.3 is 15.2 Å². The Morgan fingerprint density at radius 2 is 2.05 bits per heavy atom. The van der Waals surface area contributed by atoms with Crippen LogP contribution in [0.4, 0.5) is 11.5 Å². The number of hydrogen-bond donors (Lipinski definition) is 3. The van der Waals surface area contributed by atoms with Crippen LogP contribution in [0.25, 0.3) is 0 Å². The standard InChI is InChI=1S/C12H11N3O4/c1-19-8-4-2-7(3-5-8)13-11-9(12(17)18)6-10(16)14-15-11/h2-6H,1H3,(H,13,15)(H,14,16)(H,17,18). The molecule has 0 fully saturated rings. The van der Waals surface area contributed by atoms with Crippen LogP contribution in [0.3, 0.4) is 0 Å². The average Bonchev–Trinajstić information content (AvgIpc) is 2.41. The average molecular weight is 261 g/mol. The Bertz CT molecular complexity index is 649. The fourth-order valence-electron chi connectivity index (χ4n) is 1.47. The maximum Gasteiger partial charge on any atom is 0.339 e. The lowest BCUT2D eigenvalue weighted by Crippen LogP contribution is -2.14. The first-order valence-electron chi connectivity index (χ1n) is 5.34. The number of H-pyrrole nitrogens is 1. The number of ether oxygens (including phenoxy) is 1. The van der Waals surface area contributed by atoms with Crippen molar-refractivity contribution in [3.05, 3.63) is 46.2 Å². The summed E-state index contributed by atoms with van der Waals surface area (Å²) in [5.74, 6) is -0.481. The maximum absolute atomic E-state index is 11.1. The van der Waals surface area contributed by atoms with Gasteiger partial charge in [0.05, 0.1) is 7.11 Å². The second-order valence-corrected chi connectivity index (χ2v) is 3.65. The molecule has 0 aliphatic rings. The minimum absolute atomic E-state index is 0.0669.